The van der Waals surface area contributed by atoms with Crippen LogP contribution in [-0.4, -0.2) is 60.5 Å². The molecule has 3 N–H and O–H groups in total. The van der Waals surface area contributed by atoms with E-state index in [0.717, 1.165) is 48.9 Å². The average molecular weight is 328 g/mol. The first-order valence-electron chi connectivity index (χ1n) is 8.78. The Morgan fingerprint density at radius 2 is 2.04 bits per heavy atom. The van der Waals surface area contributed by atoms with Crippen LogP contribution in [0.3, 0.4) is 0 Å². The molecular formula is C19H28N4O. The van der Waals surface area contributed by atoms with Gasteiger partial charge in [-0.2, -0.15) is 0 Å². The summed E-state index contributed by atoms with van der Waals surface area (Å²) in [5.41, 5.74) is 8.45. The van der Waals surface area contributed by atoms with Crippen molar-refractivity contribution in [1.29, 1.82) is 0 Å². The third kappa shape index (κ3) is 3.79. The molecule has 1 aromatic heterocycles. The van der Waals surface area contributed by atoms with Crippen LogP contribution in [0.25, 0.3) is 10.9 Å². The highest BCUT2D eigenvalue weighted by atomic mass is 16.2. The number of amides is 1. The highest BCUT2D eigenvalue weighted by molar-refractivity contribution is 5.86. The minimum absolute atomic E-state index is 0.0867. The number of likely N-dealkylation sites (tertiary alicyclic amines) is 1. The van der Waals surface area contributed by atoms with Gasteiger partial charge in [0.25, 0.3) is 0 Å². The highest BCUT2D eigenvalue weighted by Gasteiger charge is 2.27. The van der Waals surface area contributed by atoms with Crippen molar-refractivity contribution >= 4 is 16.8 Å². The number of fused-ring (bicyclic) bond motifs is 1. The molecule has 1 fully saturated rings. The zero-order valence-electron chi connectivity index (χ0n) is 14.7. The normalized spacial score (nSPS) is 17.6. The van der Waals surface area contributed by atoms with E-state index in [4.69, 9.17) is 5.73 Å². The van der Waals surface area contributed by atoms with E-state index in [0.29, 0.717) is 12.3 Å². The van der Waals surface area contributed by atoms with Gasteiger partial charge in [-0.1, -0.05) is 18.2 Å². The quantitative estimate of drug-likeness (QED) is 0.880. The summed E-state index contributed by atoms with van der Waals surface area (Å²) in [5.74, 6) is 0.775. The first-order valence-corrected chi connectivity index (χ1v) is 8.78. The van der Waals surface area contributed by atoms with Crippen molar-refractivity contribution in [2.24, 2.45) is 11.7 Å². The molecule has 2 aromatic rings. The van der Waals surface area contributed by atoms with Gasteiger partial charge in [0.15, 0.2) is 0 Å². The van der Waals surface area contributed by atoms with Crippen molar-refractivity contribution in [3.63, 3.8) is 0 Å². The second-order valence-corrected chi connectivity index (χ2v) is 7.20. The summed E-state index contributed by atoms with van der Waals surface area (Å²) in [6.07, 6.45) is 4.70. The zero-order valence-corrected chi connectivity index (χ0v) is 14.7. The van der Waals surface area contributed by atoms with Crippen LogP contribution in [0.2, 0.25) is 0 Å². The number of aromatic nitrogens is 1. The maximum atomic E-state index is 12.7. The van der Waals surface area contributed by atoms with Gasteiger partial charge in [0, 0.05) is 36.7 Å². The average Bonchev–Trinajstić information content (AvgIpc) is 2.97. The van der Waals surface area contributed by atoms with Gasteiger partial charge < -0.3 is 20.5 Å². The monoisotopic (exact) mass is 328 g/mol. The lowest BCUT2D eigenvalue weighted by Crippen LogP contribution is -2.48. The van der Waals surface area contributed by atoms with Crippen LogP contribution in [0.15, 0.2) is 30.5 Å². The third-order valence-corrected chi connectivity index (χ3v) is 4.98. The van der Waals surface area contributed by atoms with E-state index in [1.165, 1.54) is 0 Å². The Balaban J connectivity index is 1.57. The number of H-pyrrole nitrogens is 1. The van der Waals surface area contributed by atoms with Gasteiger partial charge in [0.2, 0.25) is 5.91 Å². The summed E-state index contributed by atoms with van der Waals surface area (Å²) >= 11 is 0. The Morgan fingerprint density at radius 1 is 1.33 bits per heavy atom. The second kappa shape index (κ2) is 7.36. The molecule has 1 aliphatic rings. The molecule has 1 atom stereocenters. The Labute approximate surface area is 143 Å². The summed E-state index contributed by atoms with van der Waals surface area (Å²) in [5, 5.41) is 1.16. The van der Waals surface area contributed by atoms with Gasteiger partial charge in [-0.05, 0) is 50.9 Å². The van der Waals surface area contributed by atoms with E-state index in [1.807, 2.05) is 29.3 Å². The van der Waals surface area contributed by atoms with Crippen LogP contribution < -0.4 is 5.73 Å². The van der Waals surface area contributed by atoms with Gasteiger partial charge in [-0.25, -0.2) is 0 Å². The van der Waals surface area contributed by atoms with E-state index >= 15 is 0 Å². The van der Waals surface area contributed by atoms with E-state index in [1.54, 1.807) is 0 Å². The number of rotatable bonds is 5. The molecule has 1 amide bonds. The number of carbonyl (C=O) groups excluding carboxylic acids is 1. The molecule has 5 nitrogen and oxygen atoms in total. The maximum absolute atomic E-state index is 12.7. The van der Waals surface area contributed by atoms with Crippen LogP contribution in [0.4, 0.5) is 0 Å². The number of hydrogen-bond donors (Lipinski definition) is 2. The van der Waals surface area contributed by atoms with Crippen LogP contribution in [-0.2, 0) is 11.2 Å². The number of aromatic amines is 1. The Hall–Kier alpha value is -1.85. The van der Waals surface area contributed by atoms with Gasteiger partial charge in [-0.3, -0.25) is 4.79 Å². The van der Waals surface area contributed by atoms with Crippen molar-refractivity contribution in [3.05, 3.63) is 36.0 Å². The topological polar surface area (TPSA) is 65.4 Å². The molecule has 0 aliphatic carbocycles. The van der Waals surface area contributed by atoms with Crippen LogP contribution in [0, 0.1) is 5.92 Å². The molecule has 0 unspecified atom stereocenters. The maximum Gasteiger partial charge on any atom is 0.239 e. The Morgan fingerprint density at radius 3 is 2.75 bits per heavy atom. The fourth-order valence-electron chi connectivity index (χ4n) is 3.71. The van der Waals surface area contributed by atoms with E-state index in [2.05, 4.69) is 30.0 Å². The van der Waals surface area contributed by atoms with Gasteiger partial charge in [0.1, 0.15) is 0 Å². The molecule has 0 bridgehead atoms. The smallest absolute Gasteiger partial charge is 0.239 e. The fourth-order valence-corrected chi connectivity index (χ4v) is 3.71. The highest BCUT2D eigenvalue weighted by Crippen LogP contribution is 2.21. The Bertz CT molecular complexity index is 685. The molecule has 1 saturated heterocycles. The minimum atomic E-state index is -0.463. The van der Waals surface area contributed by atoms with Crippen molar-refractivity contribution in [2.45, 2.75) is 25.3 Å². The molecular weight excluding hydrogens is 300 g/mol. The second-order valence-electron chi connectivity index (χ2n) is 7.20. The number of hydrogen-bond acceptors (Lipinski definition) is 3. The molecule has 3 rings (SSSR count). The summed E-state index contributed by atoms with van der Waals surface area (Å²) in [6.45, 7) is 2.77. The number of carbonyl (C=O) groups is 1. The molecule has 2 heterocycles. The van der Waals surface area contributed by atoms with Crippen molar-refractivity contribution in [1.82, 2.24) is 14.8 Å². The predicted octanol–water partition coefficient (Wildman–Crippen LogP) is 1.84. The largest absolute Gasteiger partial charge is 0.361 e. The van der Waals surface area contributed by atoms with Gasteiger partial charge >= 0.3 is 0 Å². The Kier molecular flexibility index (Phi) is 5.21. The lowest BCUT2D eigenvalue weighted by atomic mass is 9.95. The summed E-state index contributed by atoms with van der Waals surface area (Å²) in [7, 11) is 4.21. The van der Waals surface area contributed by atoms with Crippen molar-refractivity contribution in [3.8, 4) is 0 Å². The molecule has 1 aromatic carbocycles. The van der Waals surface area contributed by atoms with Gasteiger partial charge in [0.05, 0.1) is 6.04 Å². The third-order valence-electron chi connectivity index (χ3n) is 4.98. The van der Waals surface area contributed by atoms with Crippen molar-refractivity contribution < 1.29 is 4.79 Å². The molecule has 24 heavy (non-hydrogen) atoms. The van der Waals surface area contributed by atoms with E-state index < -0.39 is 6.04 Å². The summed E-state index contributed by atoms with van der Waals surface area (Å²) in [4.78, 5) is 20.1. The number of nitrogens with one attached hydrogen (secondary N) is 1. The number of piperidine rings is 1. The molecule has 5 heteroatoms. The van der Waals surface area contributed by atoms with Crippen LogP contribution in [0.5, 0.6) is 0 Å². The molecule has 1 aliphatic heterocycles. The predicted molar refractivity (Wildman–Crippen MR) is 97.8 cm³/mol. The van der Waals surface area contributed by atoms with Crippen molar-refractivity contribution in [2.75, 3.05) is 33.7 Å². The van der Waals surface area contributed by atoms with Crippen LogP contribution >= 0.6 is 0 Å². The lowest BCUT2D eigenvalue weighted by Gasteiger charge is -2.34. The SMILES string of the molecule is CN(C)CC1CCN(C(=O)[C@@H](N)Cc2c[nH]c3ccccc23)CC1. The number of nitrogens with zero attached hydrogens (tertiary/aromatic N) is 2. The van der Waals surface area contributed by atoms with E-state index in [-0.39, 0.29) is 5.91 Å². The molecule has 0 spiro atoms. The summed E-state index contributed by atoms with van der Waals surface area (Å²) < 4.78 is 0. The number of nitrogens with two attached hydrogens (primary N) is 1. The fraction of sp³-hybridized carbons (Fsp3) is 0.526. The first-order chi connectivity index (χ1) is 11.5. The molecule has 130 valence electrons. The number of para-hydroxylation sites is 1. The minimum Gasteiger partial charge on any atom is -0.361 e. The van der Waals surface area contributed by atoms with Gasteiger partial charge in [-0.15, -0.1) is 0 Å². The zero-order chi connectivity index (χ0) is 17.1. The molecule has 0 radical (unpaired) electrons. The first kappa shape index (κ1) is 17.0. The lowest BCUT2D eigenvalue weighted by molar-refractivity contribution is -0.134. The standard InChI is InChI=1S/C19H28N4O/c1-22(2)13-14-7-9-23(10-8-14)19(24)17(20)11-15-12-21-18-6-4-3-5-16(15)18/h3-6,12,14,17,21H,7-11,13,20H2,1-2H3/t17-/m0/s1. The van der Waals surface area contributed by atoms with Crippen LogP contribution in [0.1, 0.15) is 18.4 Å². The summed E-state index contributed by atoms with van der Waals surface area (Å²) in [6, 6.07) is 7.68. The van der Waals surface area contributed by atoms with E-state index in [9.17, 15) is 4.79 Å². The molecule has 0 saturated carbocycles. The number of benzene rings is 1.